The van der Waals surface area contributed by atoms with E-state index >= 15 is 0 Å². The molecule has 1 aromatic heterocycles. The van der Waals surface area contributed by atoms with Crippen LogP contribution in [0.25, 0.3) is 0 Å². The van der Waals surface area contributed by atoms with Gasteiger partial charge in [-0.25, -0.2) is 4.39 Å². The maximum Gasteiger partial charge on any atom is 0.336 e. The Kier molecular flexibility index (Phi) is 7.96. The van der Waals surface area contributed by atoms with Gasteiger partial charge in [0.05, 0.1) is 5.56 Å². The number of anilines is 1. The highest BCUT2D eigenvalue weighted by Crippen LogP contribution is 2.45. The number of rotatable bonds is 5. The van der Waals surface area contributed by atoms with Gasteiger partial charge < -0.3 is 15.8 Å². The monoisotopic (exact) mass is 433 g/mol. The van der Waals surface area contributed by atoms with Gasteiger partial charge >= 0.3 is 6.55 Å². The minimum absolute atomic E-state index is 0.302. The average Bonchev–Trinajstić information content (AvgIpc) is 3.45. The Bertz CT molecular complexity index is 1020. The van der Waals surface area contributed by atoms with Crippen molar-refractivity contribution in [3.8, 4) is 6.07 Å². The molecule has 0 unspecified atom stereocenters. The molecule has 1 saturated carbocycles. The predicted molar refractivity (Wildman–Crippen MR) is 109 cm³/mol. The lowest BCUT2D eigenvalue weighted by molar-refractivity contribution is -0.105. The van der Waals surface area contributed by atoms with Crippen LogP contribution >= 0.6 is 0 Å². The lowest BCUT2D eigenvalue weighted by Gasteiger charge is -2.09. The van der Waals surface area contributed by atoms with Crippen molar-refractivity contribution in [1.82, 2.24) is 4.98 Å². The van der Waals surface area contributed by atoms with Crippen molar-refractivity contribution in [3.63, 3.8) is 0 Å². The van der Waals surface area contributed by atoms with E-state index in [-0.39, 0.29) is 5.92 Å². The molecule has 1 fully saturated rings. The normalized spacial score (nSPS) is 17.3. The number of hydrogen-bond donors (Lipinski definition) is 2. The van der Waals surface area contributed by atoms with Gasteiger partial charge in [-0.05, 0) is 62.1 Å². The van der Waals surface area contributed by atoms with Crippen molar-refractivity contribution in [2.75, 3.05) is 5.32 Å². The van der Waals surface area contributed by atoms with Crippen LogP contribution in [0, 0.1) is 37.9 Å². The molecule has 1 amide bonds. The third kappa shape index (κ3) is 6.70. The third-order valence-corrected chi connectivity index (χ3v) is 4.61. The molecule has 1 heterocycles. The highest BCUT2D eigenvalue weighted by molar-refractivity contribution is 5.73. The number of halogens is 3. The van der Waals surface area contributed by atoms with Gasteiger partial charge in [0.1, 0.15) is 18.0 Å². The number of carbonyl (C=O) groups excluding carboxylic acids is 1. The number of amidine groups is 1. The number of benzene rings is 1. The minimum Gasteiger partial charge on any atom is -0.461 e. The number of nitriles is 1. The third-order valence-electron chi connectivity index (χ3n) is 4.61. The Balaban J connectivity index is 0.000000285. The number of aromatic nitrogens is 1. The summed E-state index contributed by atoms with van der Waals surface area (Å²) in [5.74, 6) is -0.713. The molecule has 0 spiro atoms. The molecule has 1 aromatic carbocycles. The van der Waals surface area contributed by atoms with Crippen LogP contribution < -0.4 is 11.1 Å². The van der Waals surface area contributed by atoms with E-state index in [0.717, 1.165) is 11.3 Å². The van der Waals surface area contributed by atoms with E-state index in [2.05, 4.69) is 15.3 Å². The van der Waals surface area contributed by atoms with Crippen LogP contribution in [0.2, 0.25) is 0 Å². The molecule has 2 atom stereocenters. The molecular weight excluding hydrogens is 411 g/mol. The number of aryl methyl sites for hydroxylation is 3. The van der Waals surface area contributed by atoms with Crippen molar-refractivity contribution in [3.05, 3.63) is 58.2 Å². The zero-order chi connectivity index (χ0) is 23.1. The largest absolute Gasteiger partial charge is 0.461 e. The van der Waals surface area contributed by atoms with Crippen molar-refractivity contribution in [2.45, 2.75) is 45.8 Å². The molecule has 1 aliphatic carbocycles. The van der Waals surface area contributed by atoms with Crippen LogP contribution in [0.5, 0.6) is 0 Å². The number of ether oxygens (including phenoxy) is 1. The van der Waals surface area contributed by atoms with Crippen LogP contribution in [0.1, 0.15) is 40.3 Å². The summed E-state index contributed by atoms with van der Waals surface area (Å²) < 4.78 is 43.1. The first kappa shape index (κ1) is 23.7. The number of alkyl halides is 2. The van der Waals surface area contributed by atoms with Crippen molar-refractivity contribution in [1.29, 1.82) is 5.26 Å². The second-order valence-corrected chi connectivity index (χ2v) is 6.94. The predicted octanol–water partition coefficient (Wildman–Crippen LogP) is 3.68. The number of nitrogens with zero attached hydrogens (tertiary/aromatic N) is 3. The topological polar surface area (TPSA) is 113 Å². The van der Waals surface area contributed by atoms with Crippen LogP contribution in [0.3, 0.4) is 0 Å². The number of pyridine rings is 1. The molecule has 0 saturated heterocycles. The smallest absolute Gasteiger partial charge is 0.336 e. The number of nitrogens with two attached hydrogens (primary N) is 1. The molecule has 7 nitrogen and oxygen atoms in total. The van der Waals surface area contributed by atoms with Crippen LogP contribution in [-0.2, 0) is 9.53 Å². The van der Waals surface area contributed by atoms with Gasteiger partial charge in [0.25, 0.3) is 6.02 Å². The molecule has 2 aromatic rings. The van der Waals surface area contributed by atoms with Gasteiger partial charge in [-0.2, -0.15) is 19.0 Å². The van der Waals surface area contributed by atoms with Crippen LogP contribution in [-0.4, -0.2) is 30.1 Å². The van der Waals surface area contributed by atoms with Gasteiger partial charge in [-0.15, -0.1) is 0 Å². The second-order valence-electron chi connectivity index (χ2n) is 6.94. The SMILES string of the molecule is Cc1cc(C#N)cnc1C.Cc1cc(NC=O)cc([C@H]2C[C@H]2O/C(N)=N\C(F)F)c1F. The van der Waals surface area contributed by atoms with E-state index in [9.17, 15) is 18.0 Å². The fraction of sp³-hybridized carbons (Fsp3) is 0.333. The summed E-state index contributed by atoms with van der Waals surface area (Å²) >= 11 is 0. The summed E-state index contributed by atoms with van der Waals surface area (Å²) in [6.45, 7) is 2.50. The summed E-state index contributed by atoms with van der Waals surface area (Å²) in [4.78, 5) is 17.2. The molecule has 0 aliphatic heterocycles. The fourth-order valence-corrected chi connectivity index (χ4v) is 2.83. The molecule has 1 aliphatic rings. The van der Waals surface area contributed by atoms with E-state index in [4.69, 9.17) is 15.7 Å². The van der Waals surface area contributed by atoms with Gasteiger partial charge in [0.15, 0.2) is 0 Å². The molecule has 3 rings (SSSR count). The first-order chi connectivity index (χ1) is 14.7. The zero-order valence-corrected chi connectivity index (χ0v) is 17.2. The van der Waals surface area contributed by atoms with E-state index in [1.54, 1.807) is 13.1 Å². The zero-order valence-electron chi connectivity index (χ0n) is 17.2. The highest BCUT2D eigenvalue weighted by atomic mass is 19.3. The Morgan fingerprint density at radius 3 is 2.65 bits per heavy atom. The first-order valence-electron chi connectivity index (χ1n) is 9.27. The molecule has 164 valence electrons. The molecule has 0 bridgehead atoms. The summed E-state index contributed by atoms with van der Waals surface area (Å²) in [6, 6.07) is 6.24. The fourth-order valence-electron chi connectivity index (χ4n) is 2.83. The minimum atomic E-state index is -2.94. The van der Waals surface area contributed by atoms with E-state index < -0.39 is 24.5 Å². The summed E-state index contributed by atoms with van der Waals surface area (Å²) in [6.07, 6.45) is 2.03. The summed E-state index contributed by atoms with van der Waals surface area (Å²) in [7, 11) is 0. The number of carbonyl (C=O) groups is 1. The molecule has 10 heteroatoms. The van der Waals surface area contributed by atoms with Gasteiger partial charge in [-0.1, -0.05) is 0 Å². The standard InChI is InChI=1S/C13H14F3N3O2.C8H8N2/c1-6-2-7(18-5-20)3-9(11(6)14)8-4-10(8)21-13(17)19-12(15)16;1-6-3-8(4-9)5-10-7(6)2/h2-3,5,8,10,12H,4H2,1H3,(H2,17,19)(H,18,20);3,5H,1-2H3/t8-,10-;/m1./s1. The quantitative estimate of drug-likeness (QED) is 0.323. The van der Waals surface area contributed by atoms with E-state index in [1.165, 1.54) is 12.1 Å². The highest BCUT2D eigenvalue weighted by Gasteiger charge is 2.43. The maximum atomic E-state index is 14.1. The Morgan fingerprint density at radius 1 is 1.35 bits per heavy atom. The van der Waals surface area contributed by atoms with Crippen LogP contribution in [0.15, 0.2) is 29.4 Å². The molecular formula is C21H22F3N5O2. The van der Waals surface area contributed by atoms with Crippen molar-refractivity contribution < 1.29 is 22.7 Å². The lowest BCUT2D eigenvalue weighted by atomic mass is 10.0. The summed E-state index contributed by atoms with van der Waals surface area (Å²) in [5.41, 5.74) is 9.06. The van der Waals surface area contributed by atoms with E-state index in [0.29, 0.717) is 35.2 Å². The Labute approximate surface area is 177 Å². The molecule has 31 heavy (non-hydrogen) atoms. The number of hydrogen-bond acceptors (Lipinski definition) is 5. The van der Waals surface area contributed by atoms with Gasteiger partial charge in [0.2, 0.25) is 6.41 Å². The Morgan fingerprint density at radius 2 is 2.06 bits per heavy atom. The average molecular weight is 433 g/mol. The first-order valence-corrected chi connectivity index (χ1v) is 9.27. The molecule has 3 N–H and O–H groups in total. The molecule has 0 radical (unpaired) electrons. The number of amides is 1. The van der Waals surface area contributed by atoms with Crippen LogP contribution in [0.4, 0.5) is 18.9 Å². The summed E-state index contributed by atoms with van der Waals surface area (Å²) in [5, 5.41) is 10.9. The number of aliphatic imine (C=N–C) groups is 1. The van der Waals surface area contributed by atoms with Crippen molar-refractivity contribution in [2.24, 2.45) is 10.7 Å². The number of nitrogens with one attached hydrogen (secondary N) is 1. The second kappa shape index (κ2) is 10.4. The van der Waals surface area contributed by atoms with Gasteiger partial charge in [0, 0.05) is 23.5 Å². The van der Waals surface area contributed by atoms with E-state index in [1.807, 2.05) is 26.0 Å². The van der Waals surface area contributed by atoms with Crippen molar-refractivity contribution >= 4 is 18.1 Å². The van der Waals surface area contributed by atoms with Gasteiger partial charge in [-0.3, -0.25) is 9.78 Å². The maximum absolute atomic E-state index is 14.1. The Hall–Kier alpha value is -3.61. The lowest BCUT2D eigenvalue weighted by Crippen LogP contribution is -2.19.